The van der Waals surface area contributed by atoms with Gasteiger partial charge in [-0.25, -0.2) is 9.61 Å². The molecule has 2 aromatic rings. The van der Waals surface area contributed by atoms with E-state index in [0.29, 0.717) is 18.2 Å². The van der Waals surface area contributed by atoms with E-state index >= 15 is 0 Å². The largest absolute Gasteiger partial charge is 0.382 e. The summed E-state index contributed by atoms with van der Waals surface area (Å²) in [7, 11) is 0. The van der Waals surface area contributed by atoms with E-state index in [-0.39, 0.29) is 0 Å². The summed E-state index contributed by atoms with van der Waals surface area (Å²) in [5.74, 6) is 0.318. The Kier molecular flexibility index (Phi) is 4.42. The topological polar surface area (TPSA) is 107 Å². The summed E-state index contributed by atoms with van der Waals surface area (Å²) in [6.07, 6.45) is 7.93. The maximum Gasteiger partial charge on any atom is 0.169 e. The van der Waals surface area contributed by atoms with E-state index in [2.05, 4.69) is 30.2 Å². The van der Waals surface area contributed by atoms with Crippen LogP contribution in [0.2, 0.25) is 0 Å². The van der Waals surface area contributed by atoms with Crippen molar-refractivity contribution in [2.75, 3.05) is 13.2 Å². The van der Waals surface area contributed by atoms with Crippen molar-refractivity contribution in [2.45, 2.75) is 13.0 Å². The van der Waals surface area contributed by atoms with E-state index in [9.17, 15) is 0 Å². The molecule has 96 valence electrons. The van der Waals surface area contributed by atoms with Gasteiger partial charge in [-0.3, -0.25) is 10.3 Å². The van der Waals surface area contributed by atoms with E-state index in [1.807, 2.05) is 10.8 Å². The highest BCUT2D eigenvalue weighted by atomic mass is 16.6. The minimum absolute atomic E-state index is 0.318. The van der Waals surface area contributed by atoms with Crippen molar-refractivity contribution in [3.05, 3.63) is 30.6 Å². The summed E-state index contributed by atoms with van der Waals surface area (Å²) in [6, 6.07) is 0. The Hall–Kier alpha value is -2.22. The van der Waals surface area contributed by atoms with Crippen LogP contribution in [0, 0.1) is 0 Å². The van der Waals surface area contributed by atoms with E-state index < -0.39 is 0 Å². The lowest BCUT2D eigenvalue weighted by atomic mass is 10.4. The fourth-order valence-electron chi connectivity index (χ4n) is 1.38. The maximum atomic E-state index is 5.67. The van der Waals surface area contributed by atoms with E-state index in [4.69, 9.17) is 5.73 Å². The first-order chi connectivity index (χ1) is 8.86. The normalized spacial score (nSPS) is 11.9. The smallest absolute Gasteiger partial charge is 0.169 e. The van der Waals surface area contributed by atoms with Crippen LogP contribution < -0.4 is 11.1 Å². The first kappa shape index (κ1) is 12.2. The second kappa shape index (κ2) is 6.50. The number of hydrogen-bond acceptors (Lipinski definition) is 6. The van der Waals surface area contributed by atoms with Gasteiger partial charge >= 0.3 is 0 Å². The molecule has 0 bridgehead atoms. The number of nitrogens with zero attached hydrogens (tertiary/aromatic N) is 5. The lowest BCUT2D eigenvalue weighted by Crippen LogP contribution is -2.21. The molecule has 0 aliphatic heterocycles. The number of nitrogens with one attached hydrogen (secondary N) is 1. The van der Waals surface area contributed by atoms with Crippen LogP contribution in [0.3, 0.4) is 0 Å². The lowest BCUT2D eigenvalue weighted by Gasteiger charge is -2.03. The molecule has 0 radical (unpaired) electrons. The molecule has 0 aromatic carbocycles. The Morgan fingerprint density at radius 3 is 3.22 bits per heavy atom. The molecule has 0 unspecified atom stereocenters. The van der Waals surface area contributed by atoms with Gasteiger partial charge in [0.1, 0.15) is 6.20 Å². The number of amidine groups is 1. The number of aromatic nitrogens is 4. The first-order valence-corrected chi connectivity index (χ1v) is 5.60. The van der Waals surface area contributed by atoms with Gasteiger partial charge in [0.15, 0.2) is 11.5 Å². The molecule has 8 heteroatoms. The highest BCUT2D eigenvalue weighted by Gasteiger charge is 2.01. The minimum atomic E-state index is 0.318. The van der Waals surface area contributed by atoms with Gasteiger partial charge < -0.3 is 10.3 Å². The number of aliphatic imine (C=N–C) groups is 1. The maximum absolute atomic E-state index is 5.67. The van der Waals surface area contributed by atoms with Crippen molar-refractivity contribution in [2.24, 2.45) is 10.7 Å². The minimum Gasteiger partial charge on any atom is -0.382 e. The SMILES string of the molecule is NC(=NCNCCCn1ccnc1)c1cnon1. The summed E-state index contributed by atoms with van der Waals surface area (Å²) in [4.78, 5) is 8.07. The quantitative estimate of drug-likeness (QED) is 0.393. The molecule has 2 aromatic heterocycles. The Balaban J connectivity index is 1.60. The first-order valence-electron chi connectivity index (χ1n) is 5.60. The molecule has 0 amide bonds. The number of aryl methyl sites for hydroxylation is 1. The molecule has 2 heterocycles. The van der Waals surface area contributed by atoms with E-state index in [1.165, 1.54) is 6.20 Å². The van der Waals surface area contributed by atoms with Crippen molar-refractivity contribution in [1.29, 1.82) is 0 Å². The van der Waals surface area contributed by atoms with Gasteiger partial charge in [-0.2, -0.15) is 0 Å². The van der Waals surface area contributed by atoms with Crippen LogP contribution in [0.1, 0.15) is 12.1 Å². The van der Waals surface area contributed by atoms with Crippen molar-refractivity contribution in [3.63, 3.8) is 0 Å². The fourth-order valence-corrected chi connectivity index (χ4v) is 1.38. The number of imidazole rings is 1. The molecule has 0 saturated heterocycles. The second-order valence-electron chi connectivity index (χ2n) is 3.65. The van der Waals surface area contributed by atoms with E-state index in [1.54, 1.807) is 12.5 Å². The third kappa shape index (κ3) is 3.67. The highest BCUT2D eigenvalue weighted by molar-refractivity contribution is 5.95. The summed E-state index contributed by atoms with van der Waals surface area (Å²) in [5, 5.41) is 10.2. The van der Waals surface area contributed by atoms with Crippen LogP contribution in [-0.4, -0.2) is 38.9 Å². The van der Waals surface area contributed by atoms with Crippen molar-refractivity contribution >= 4 is 5.84 Å². The van der Waals surface area contributed by atoms with Crippen LogP contribution in [0.4, 0.5) is 0 Å². The van der Waals surface area contributed by atoms with Gasteiger partial charge in [0.2, 0.25) is 0 Å². The van der Waals surface area contributed by atoms with Gasteiger partial charge in [0.05, 0.1) is 13.0 Å². The standard InChI is InChI=1S/C10H15N7O/c11-10(9-6-15-18-16-9)14-7-12-2-1-4-17-5-3-13-8-17/h3,5-6,8,12H,1-2,4,7H2,(H2,11,14). The number of nitrogens with two attached hydrogens (primary N) is 1. The zero-order chi connectivity index (χ0) is 12.6. The second-order valence-corrected chi connectivity index (χ2v) is 3.65. The predicted molar refractivity (Wildman–Crippen MR) is 64.7 cm³/mol. The fraction of sp³-hybridized carbons (Fsp3) is 0.400. The van der Waals surface area contributed by atoms with Crippen LogP contribution in [0.15, 0.2) is 34.5 Å². The Morgan fingerprint density at radius 2 is 2.50 bits per heavy atom. The Bertz CT molecular complexity index is 462. The number of hydrogen-bond donors (Lipinski definition) is 2. The molecule has 18 heavy (non-hydrogen) atoms. The predicted octanol–water partition coefficient (Wildman–Crippen LogP) is -0.391. The lowest BCUT2D eigenvalue weighted by molar-refractivity contribution is 0.306. The molecular formula is C10H15N7O. The summed E-state index contributed by atoms with van der Waals surface area (Å²) in [6.45, 7) is 2.23. The van der Waals surface area contributed by atoms with Gasteiger partial charge in [0, 0.05) is 18.9 Å². The third-order valence-electron chi connectivity index (χ3n) is 2.31. The zero-order valence-electron chi connectivity index (χ0n) is 9.86. The van der Waals surface area contributed by atoms with Gasteiger partial charge in [-0.05, 0) is 18.1 Å². The van der Waals surface area contributed by atoms with Crippen molar-refractivity contribution in [3.8, 4) is 0 Å². The van der Waals surface area contributed by atoms with Crippen LogP contribution in [0.25, 0.3) is 0 Å². The Morgan fingerprint density at radius 1 is 1.56 bits per heavy atom. The average Bonchev–Trinajstić information content (AvgIpc) is 3.05. The molecule has 8 nitrogen and oxygen atoms in total. The van der Waals surface area contributed by atoms with Crippen molar-refractivity contribution in [1.82, 2.24) is 25.2 Å². The molecule has 0 saturated carbocycles. The Labute approximate surface area is 104 Å². The van der Waals surface area contributed by atoms with Gasteiger partial charge in [-0.15, -0.1) is 0 Å². The summed E-state index contributed by atoms with van der Waals surface area (Å²) < 4.78 is 6.46. The molecule has 0 atom stereocenters. The molecular weight excluding hydrogens is 234 g/mol. The molecule has 3 N–H and O–H groups in total. The molecule has 0 spiro atoms. The summed E-state index contributed by atoms with van der Waals surface area (Å²) in [5.41, 5.74) is 6.12. The zero-order valence-corrected chi connectivity index (χ0v) is 9.86. The number of rotatable bonds is 7. The third-order valence-corrected chi connectivity index (χ3v) is 2.31. The average molecular weight is 249 g/mol. The van der Waals surface area contributed by atoms with Crippen LogP contribution >= 0.6 is 0 Å². The van der Waals surface area contributed by atoms with Gasteiger partial charge in [-0.1, -0.05) is 5.16 Å². The molecule has 0 fully saturated rings. The van der Waals surface area contributed by atoms with Crippen LogP contribution in [0.5, 0.6) is 0 Å². The van der Waals surface area contributed by atoms with E-state index in [0.717, 1.165) is 19.5 Å². The highest BCUT2D eigenvalue weighted by Crippen LogP contribution is 1.90. The summed E-state index contributed by atoms with van der Waals surface area (Å²) >= 11 is 0. The van der Waals surface area contributed by atoms with Crippen LogP contribution in [-0.2, 0) is 6.54 Å². The van der Waals surface area contributed by atoms with Gasteiger partial charge in [0.25, 0.3) is 0 Å². The molecule has 0 aliphatic rings. The van der Waals surface area contributed by atoms with Crippen molar-refractivity contribution < 1.29 is 4.63 Å². The molecule has 0 aliphatic carbocycles. The monoisotopic (exact) mass is 249 g/mol. The molecule has 2 rings (SSSR count).